The third-order valence-electron chi connectivity index (χ3n) is 19.2. The van der Waals surface area contributed by atoms with Crippen molar-refractivity contribution >= 4 is 93.1 Å². The molecule has 0 radical (unpaired) electrons. The van der Waals surface area contributed by atoms with Gasteiger partial charge in [0, 0.05) is 83.6 Å². The fourth-order valence-corrected chi connectivity index (χ4v) is 14.8. The Morgan fingerprint density at radius 1 is 0.350 bits per heavy atom. The Kier molecular flexibility index (Phi) is 12.3. The van der Waals surface area contributed by atoms with Gasteiger partial charge in [-0.05, 0) is 261 Å². The molecule has 0 atom stereocenters. The highest BCUT2D eigenvalue weighted by atomic mass is 15.1. The second kappa shape index (κ2) is 18.6. The highest BCUT2D eigenvalue weighted by Crippen LogP contribution is 2.57. The lowest BCUT2D eigenvalue weighted by Crippen LogP contribution is -2.25. The maximum atomic E-state index is 2.53. The molecule has 1 aliphatic rings. The summed E-state index contributed by atoms with van der Waals surface area (Å²) in [5, 5.41) is 16.9. The molecule has 0 spiro atoms. The van der Waals surface area contributed by atoms with Crippen LogP contribution in [-0.4, -0.2) is 28.2 Å². The number of nitrogens with zero attached hydrogens (tertiary/aromatic N) is 3. The van der Waals surface area contributed by atoms with Gasteiger partial charge in [0.05, 0.1) is 0 Å². The number of hydrogen-bond acceptors (Lipinski definition) is 3. The van der Waals surface area contributed by atoms with E-state index < -0.39 is 0 Å². The zero-order valence-electron chi connectivity index (χ0n) is 51.0. The normalized spacial score (nSPS) is 13.0. The van der Waals surface area contributed by atoms with Crippen LogP contribution < -0.4 is 14.7 Å². The van der Waals surface area contributed by atoms with Crippen LogP contribution in [0.1, 0.15) is 107 Å². The lowest BCUT2D eigenvalue weighted by molar-refractivity contribution is 0.591. The first kappa shape index (κ1) is 52.8. The molecule has 12 aromatic rings. The lowest BCUT2D eigenvalue weighted by atomic mass is 9.66. The van der Waals surface area contributed by atoms with Crippen LogP contribution in [0.5, 0.6) is 0 Å². The Hall–Kier alpha value is -7.88. The lowest BCUT2D eigenvalue weighted by Gasteiger charge is -2.38. The molecule has 0 heterocycles. The van der Waals surface area contributed by atoms with Crippen LogP contribution in [0, 0.1) is 69.2 Å². The fraction of sp³-hybridized carbons (Fsp3) is 0.273. The van der Waals surface area contributed by atoms with Crippen molar-refractivity contribution in [2.45, 2.75) is 115 Å². The summed E-state index contributed by atoms with van der Waals surface area (Å²) in [6.07, 6.45) is 0. The molecule has 3 nitrogen and oxygen atoms in total. The van der Waals surface area contributed by atoms with Gasteiger partial charge in [-0.3, -0.25) is 0 Å². The second-order valence-electron chi connectivity index (χ2n) is 25.7. The molecule has 80 heavy (non-hydrogen) atoms. The van der Waals surface area contributed by atoms with Gasteiger partial charge in [0.15, 0.2) is 0 Å². The van der Waals surface area contributed by atoms with Gasteiger partial charge in [-0.25, -0.2) is 0 Å². The Balaban J connectivity index is 0.000000182. The molecule has 0 bridgehead atoms. The van der Waals surface area contributed by atoms with Crippen LogP contribution in [0.25, 0.3) is 86.9 Å². The van der Waals surface area contributed by atoms with Gasteiger partial charge in [0.1, 0.15) is 0 Å². The molecular weight excluding hydrogens is 967 g/mol. The zero-order chi connectivity index (χ0) is 56.9. The summed E-state index contributed by atoms with van der Waals surface area (Å²) in [7, 11) is 8.75. The molecule has 0 fully saturated rings. The van der Waals surface area contributed by atoms with Crippen molar-refractivity contribution in [3.05, 3.63) is 206 Å². The first-order valence-electron chi connectivity index (χ1n) is 28.9. The van der Waals surface area contributed by atoms with Gasteiger partial charge in [0.2, 0.25) is 0 Å². The van der Waals surface area contributed by atoms with E-state index in [2.05, 4.69) is 280 Å². The minimum absolute atomic E-state index is 0.0472. The number of para-hydroxylation sites is 2. The summed E-state index contributed by atoms with van der Waals surface area (Å²) in [5.74, 6) is 0. The van der Waals surface area contributed by atoms with Gasteiger partial charge < -0.3 is 14.7 Å². The predicted octanol–water partition coefficient (Wildman–Crippen LogP) is 21.1. The van der Waals surface area contributed by atoms with Gasteiger partial charge in [-0.15, -0.1) is 0 Å². The van der Waals surface area contributed by atoms with E-state index in [9.17, 15) is 0 Å². The van der Waals surface area contributed by atoms with Crippen LogP contribution in [-0.2, 0) is 10.8 Å². The Morgan fingerprint density at radius 2 is 0.838 bits per heavy atom. The molecular formula is C77H79N3. The van der Waals surface area contributed by atoms with E-state index in [0.29, 0.717) is 0 Å². The van der Waals surface area contributed by atoms with E-state index in [1.165, 1.54) is 176 Å². The van der Waals surface area contributed by atoms with Crippen LogP contribution in [0.4, 0.5) is 28.4 Å². The molecule has 3 heteroatoms. The molecule has 0 N–H and O–H groups in total. The first-order chi connectivity index (χ1) is 37.9. The van der Waals surface area contributed by atoms with Crippen molar-refractivity contribution in [3.63, 3.8) is 0 Å². The fourth-order valence-electron chi connectivity index (χ4n) is 14.8. The van der Waals surface area contributed by atoms with Gasteiger partial charge in [-0.2, -0.15) is 0 Å². The van der Waals surface area contributed by atoms with Crippen molar-refractivity contribution in [1.29, 1.82) is 0 Å². The van der Waals surface area contributed by atoms with Gasteiger partial charge >= 0.3 is 0 Å². The minimum Gasteiger partial charge on any atom is -0.377 e. The Labute approximate surface area is 476 Å². The number of benzene rings is 12. The predicted molar refractivity (Wildman–Crippen MR) is 353 cm³/mol. The highest BCUT2D eigenvalue weighted by molar-refractivity contribution is 6.33. The average molecular weight is 1050 g/mol. The van der Waals surface area contributed by atoms with Crippen LogP contribution in [0.2, 0.25) is 0 Å². The Morgan fingerprint density at radius 3 is 1.34 bits per heavy atom. The van der Waals surface area contributed by atoms with Gasteiger partial charge in [-0.1, -0.05) is 120 Å². The second-order valence-corrected chi connectivity index (χ2v) is 25.7. The number of hydrogen-bond donors (Lipinski definition) is 0. The monoisotopic (exact) mass is 1050 g/mol. The Bertz CT molecular complexity index is 4340. The molecule has 13 rings (SSSR count). The van der Waals surface area contributed by atoms with E-state index in [4.69, 9.17) is 0 Å². The van der Waals surface area contributed by atoms with Crippen molar-refractivity contribution in [3.8, 4) is 22.3 Å². The minimum atomic E-state index is -0.234. The smallest absolute Gasteiger partial charge is 0.0476 e. The summed E-state index contributed by atoms with van der Waals surface area (Å²) in [5.41, 5.74) is 29.5. The standard InChI is InChI=1S/C49H43N.C28H36N2/c1-30-15-14-16-31(2)44(30)41-29-40-38-24-22-37(50(35-17-10-8-11-18-35)36-19-12-9-13-20-36)28-42(38)49(6,7)43-27-33-26-34(48(3,4)5)25-32-21-23-39(41)47(45(32)33)46(40)43;1-13-15(3)23-26-22(18(6)20(8)27(23)29(9)10)14(2)16(4)24-25(26)21(13)17(5)19(7)28(24)30(11)12/h8-29H,1-7H3;1-12H3. The van der Waals surface area contributed by atoms with E-state index in [0.717, 1.165) is 11.4 Å². The van der Waals surface area contributed by atoms with Crippen LogP contribution >= 0.6 is 0 Å². The topological polar surface area (TPSA) is 9.72 Å². The maximum Gasteiger partial charge on any atom is 0.0476 e. The van der Waals surface area contributed by atoms with Gasteiger partial charge in [0.25, 0.3) is 0 Å². The van der Waals surface area contributed by atoms with Crippen molar-refractivity contribution in [2.75, 3.05) is 42.9 Å². The molecule has 402 valence electrons. The molecule has 0 saturated heterocycles. The van der Waals surface area contributed by atoms with E-state index in [1.54, 1.807) is 0 Å². The largest absolute Gasteiger partial charge is 0.377 e. The van der Waals surface area contributed by atoms with E-state index in [1.807, 2.05) is 0 Å². The van der Waals surface area contributed by atoms with Crippen molar-refractivity contribution in [2.24, 2.45) is 0 Å². The summed E-state index contributed by atoms with van der Waals surface area (Å²) in [6, 6.07) is 50.1. The first-order valence-corrected chi connectivity index (χ1v) is 28.9. The average Bonchev–Trinajstić information content (AvgIpc) is 3.57. The maximum absolute atomic E-state index is 2.53. The molecule has 12 aromatic carbocycles. The molecule has 0 aromatic heterocycles. The molecule has 0 amide bonds. The number of rotatable bonds is 6. The summed E-state index contributed by atoms with van der Waals surface area (Å²) < 4.78 is 0. The van der Waals surface area contributed by atoms with E-state index >= 15 is 0 Å². The molecule has 1 aliphatic carbocycles. The molecule has 0 aliphatic heterocycles. The quantitative estimate of drug-likeness (QED) is 0.154. The molecule has 0 unspecified atom stereocenters. The van der Waals surface area contributed by atoms with Crippen LogP contribution in [0.15, 0.2) is 133 Å². The number of aryl methyl sites for hydroxylation is 8. The highest BCUT2D eigenvalue weighted by Gasteiger charge is 2.37. The number of anilines is 5. The zero-order valence-corrected chi connectivity index (χ0v) is 51.0. The molecule has 0 saturated carbocycles. The summed E-state index contributed by atoms with van der Waals surface area (Å²) >= 11 is 0. The van der Waals surface area contributed by atoms with E-state index in [-0.39, 0.29) is 10.8 Å². The SMILES string of the molecule is Cc1c(C)c2c(C)c(C)c3c(N(C)C)c(C)c(C)c4c(C)c(C)c(c1N(C)C)c2c43.Cc1cccc(C)c1-c1cc2c3c(cc4cc(C(C)(C)C)cc5ccc1c3c54)C(C)(C)c1cc(N(c3ccccc3)c3ccccc3)ccc1-2. The third-order valence-corrected chi connectivity index (χ3v) is 19.2. The summed E-state index contributed by atoms with van der Waals surface area (Å²) in [4.78, 5) is 7.01. The summed E-state index contributed by atoms with van der Waals surface area (Å²) in [6.45, 7) is 34.9. The third kappa shape index (κ3) is 7.59. The van der Waals surface area contributed by atoms with Crippen molar-refractivity contribution < 1.29 is 0 Å². The van der Waals surface area contributed by atoms with Crippen LogP contribution in [0.3, 0.4) is 0 Å². The number of fused-ring (bicyclic) bond motifs is 2. The van der Waals surface area contributed by atoms with Crippen molar-refractivity contribution in [1.82, 2.24) is 0 Å².